The second-order valence-corrected chi connectivity index (χ2v) is 5.49. The smallest absolute Gasteiger partial charge is 0.307 e. The molecule has 2 atom stereocenters. The number of aliphatic carboxylic acids is 1. The van der Waals surface area contributed by atoms with Crippen LogP contribution in [0.2, 0.25) is 0 Å². The third-order valence-corrected chi connectivity index (χ3v) is 3.74. The number of benzene rings is 1. The standard InChI is InChI=1S/C15H16ClNO3/c1-9-3-2-4-11(7-9)17-14(18)13-8-10(16)5-6-12(13)15(19)20/h2-5,7,12-13H,6,8H2,1H3,(H,17,18)(H,19,20). The Kier molecular flexibility index (Phi) is 4.45. The van der Waals surface area contributed by atoms with Gasteiger partial charge in [-0.25, -0.2) is 0 Å². The Labute approximate surface area is 122 Å². The van der Waals surface area contributed by atoms with Crippen molar-refractivity contribution in [1.82, 2.24) is 0 Å². The maximum atomic E-state index is 12.3. The summed E-state index contributed by atoms with van der Waals surface area (Å²) in [6.45, 7) is 1.93. The zero-order valence-electron chi connectivity index (χ0n) is 11.1. The van der Waals surface area contributed by atoms with Crippen LogP contribution >= 0.6 is 11.6 Å². The van der Waals surface area contributed by atoms with Crippen LogP contribution in [0.1, 0.15) is 18.4 Å². The van der Waals surface area contributed by atoms with Crippen LogP contribution < -0.4 is 5.32 Å². The Morgan fingerprint density at radius 2 is 2.10 bits per heavy atom. The summed E-state index contributed by atoms with van der Waals surface area (Å²) in [4.78, 5) is 23.5. The van der Waals surface area contributed by atoms with Gasteiger partial charge in [0.2, 0.25) is 5.91 Å². The molecule has 2 N–H and O–H groups in total. The Hall–Kier alpha value is -1.81. The van der Waals surface area contributed by atoms with E-state index in [-0.39, 0.29) is 12.3 Å². The molecule has 20 heavy (non-hydrogen) atoms. The van der Waals surface area contributed by atoms with Gasteiger partial charge in [0.1, 0.15) is 0 Å². The lowest BCUT2D eigenvalue weighted by molar-refractivity contribution is -0.146. The van der Waals surface area contributed by atoms with Crippen molar-refractivity contribution in [3.63, 3.8) is 0 Å². The molecule has 106 valence electrons. The van der Waals surface area contributed by atoms with E-state index in [0.717, 1.165) is 5.56 Å². The molecule has 1 amide bonds. The highest BCUT2D eigenvalue weighted by atomic mass is 35.5. The Morgan fingerprint density at radius 3 is 2.75 bits per heavy atom. The number of hydrogen-bond donors (Lipinski definition) is 2. The van der Waals surface area contributed by atoms with Crippen LogP contribution in [0.4, 0.5) is 5.69 Å². The number of amides is 1. The first-order chi connectivity index (χ1) is 9.47. The van der Waals surface area contributed by atoms with Gasteiger partial charge in [-0.2, -0.15) is 0 Å². The minimum absolute atomic E-state index is 0.274. The Bertz CT molecular complexity index is 568. The molecule has 1 aromatic carbocycles. The summed E-state index contributed by atoms with van der Waals surface area (Å²) < 4.78 is 0. The van der Waals surface area contributed by atoms with Crippen molar-refractivity contribution < 1.29 is 14.7 Å². The Morgan fingerprint density at radius 1 is 1.35 bits per heavy atom. The predicted octanol–water partition coefficient (Wildman–Crippen LogP) is 3.17. The molecule has 4 nitrogen and oxygen atoms in total. The van der Waals surface area contributed by atoms with E-state index in [1.807, 2.05) is 25.1 Å². The molecule has 1 aliphatic rings. The van der Waals surface area contributed by atoms with Crippen LogP contribution in [0.25, 0.3) is 0 Å². The van der Waals surface area contributed by atoms with Gasteiger partial charge in [-0.1, -0.05) is 29.8 Å². The van der Waals surface area contributed by atoms with Crippen molar-refractivity contribution in [2.45, 2.75) is 19.8 Å². The SMILES string of the molecule is Cc1cccc(NC(=O)C2CC(Cl)=CCC2C(=O)O)c1. The minimum atomic E-state index is -0.963. The number of carboxylic acid groups (broad SMARTS) is 1. The van der Waals surface area contributed by atoms with Gasteiger partial charge in [-0.3, -0.25) is 9.59 Å². The van der Waals surface area contributed by atoms with E-state index in [2.05, 4.69) is 5.32 Å². The molecular weight excluding hydrogens is 278 g/mol. The van der Waals surface area contributed by atoms with Gasteiger partial charge >= 0.3 is 5.97 Å². The first kappa shape index (κ1) is 14.6. The number of anilines is 1. The van der Waals surface area contributed by atoms with Crippen molar-refractivity contribution in [3.8, 4) is 0 Å². The molecule has 0 aromatic heterocycles. The van der Waals surface area contributed by atoms with Crippen molar-refractivity contribution in [3.05, 3.63) is 40.9 Å². The lowest BCUT2D eigenvalue weighted by atomic mass is 9.82. The number of halogens is 1. The second-order valence-electron chi connectivity index (χ2n) is 5.00. The van der Waals surface area contributed by atoms with Gasteiger partial charge in [-0.15, -0.1) is 0 Å². The van der Waals surface area contributed by atoms with Gasteiger partial charge in [0.05, 0.1) is 11.8 Å². The second kappa shape index (κ2) is 6.09. The maximum Gasteiger partial charge on any atom is 0.307 e. The largest absolute Gasteiger partial charge is 0.481 e. The zero-order chi connectivity index (χ0) is 14.7. The van der Waals surface area contributed by atoms with Gasteiger partial charge in [0.15, 0.2) is 0 Å². The summed E-state index contributed by atoms with van der Waals surface area (Å²) in [6.07, 6.45) is 2.24. The van der Waals surface area contributed by atoms with E-state index in [4.69, 9.17) is 11.6 Å². The van der Waals surface area contributed by atoms with Crippen LogP contribution in [-0.4, -0.2) is 17.0 Å². The van der Waals surface area contributed by atoms with E-state index in [9.17, 15) is 14.7 Å². The van der Waals surface area contributed by atoms with Crippen molar-refractivity contribution >= 4 is 29.2 Å². The first-order valence-electron chi connectivity index (χ1n) is 6.42. The fourth-order valence-corrected chi connectivity index (χ4v) is 2.62. The number of carboxylic acids is 1. The van der Waals surface area contributed by atoms with Crippen LogP contribution in [0.15, 0.2) is 35.4 Å². The molecule has 0 fully saturated rings. The van der Waals surface area contributed by atoms with Crippen molar-refractivity contribution in [2.24, 2.45) is 11.8 Å². The van der Waals surface area contributed by atoms with E-state index in [0.29, 0.717) is 17.1 Å². The molecule has 0 radical (unpaired) electrons. The summed E-state index contributed by atoms with van der Waals surface area (Å²) >= 11 is 5.94. The van der Waals surface area contributed by atoms with Gasteiger partial charge in [0.25, 0.3) is 0 Å². The normalized spacial score (nSPS) is 22.0. The van der Waals surface area contributed by atoms with Crippen molar-refractivity contribution in [2.75, 3.05) is 5.32 Å². The van der Waals surface area contributed by atoms with Crippen LogP contribution in [-0.2, 0) is 9.59 Å². The third-order valence-electron chi connectivity index (χ3n) is 3.43. The molecule has 0 saturated heterocycles. The number of aryl methyl sites for hydroxylation is 1. The minimum Gasteiger partial charge on any atom is -0.481 e. The molecule has 0 spiro atoms. The highest BCUT2D eigenvalue weighted by molar-refractivity contribution is 6.29. The molecule has 2 rings (SSSR count). The predicted molar refractivity (Wildman–Crippen MR) is 77.6 cm³/mol. The van der Waals surface area contributed by atoms with Crippen molar-refractivity contribution in [1.29, 1.82) is 0 Å². The van der Waals surface area contributed by atoms with Crippen LogP contribution in [0, 0.1) is 18.8 Å². The summed E-state index contributed by atoms with van der Waals surface area (Å²) in [6, 6.07) is 7.39. The van der Waals surface area contributed by atoms with E-state index in [1.165, 1.54) is 0 Å². The number of nitrogens with one attached hydrogen (secondary N) is 1. The summed E-state index contributed by atoms with van der Waals surface area (Å²) in [5, 5.41) is 12.5. The monoisotopic (exact) mass is 293 g/mol. The average molecular weight is 294 g/mol. The number of carbonyl (C=O) groups excluding carboxylic acids is 1. The molecule has 1 aromatic rings. The molecule has 5 heteroatoms. The van der Waals surface area contributed by atoms with E-state index in [1.54, 1.807) is 12.1 Å². The molecule has 2 unspecified atom stereocenters. The van der Waals surface area contributed by atoms with Gasteiger partial charge < -0.3 is 10.4 Å². The summed E-state index contributed by atoms with van der Waals surface area (Å²) in [5.41, 5.74) is 1.70. The highest BCUT2D eigenvalue weighted by Crippen LogP contribution is 2.32. The average Bonchev–Trinajstić information content (AvgIpc) is 2.38. The molecule has 0 heterocycles. The molecule has 0 bridgehead atoms. The highest BCUT2D eigenvalue weighted by Gasteiger charge is 2.36. The van der Waals surface area contributed by atoms with Gasteiger partial charge in [-0.05, 0) is 37.5 Å². The van der Waals surface area contributed by atoms with Crippen LogP contribution in [0.3, 0.4) is 0 Å². The van der Waals surface area contributed by atoms with E-state index >= 15 is 0 Å². The zero-order valence-corrected chi connectivity index (χ0v) is 11.9. The molecule has 0 aliphatic heterocycles. The van der Waals surface area contributed by atoms with Crippen LogP contribution in [0.5, 0.6) is 0 Å². The number of allylic oxidation sites excluding steroid dienone is 2. The fraction of sp³-hybridized carbons (Fsp3) is 0.333. The quantitative estimate of drug-likeness (QED) is 0.899. The number of carbonyl (C=O) groups is 2. The Balaban J connectivity index is 2.14. The maximum absolute atomic E-state index is 12.3. The summed E-state index contributed by atoms with van der Waals surface area (Å²) in [5.74, 6) is -2.61. The first-order valence-corrected chi connectivity index (χ1v) is 6.80. The lowest BCUT2D eigenvalue weighted by Crippen LogP contribution is -2.35. The lowest BCUT2D eigenvalue weighted by Gasteiger charge is -2.25. The fourth-order valence-electron chi connectivity index (χ4n) is 2.36. The molecular formula is C15H16ClNO3. The molecule has 1 aliphatic carbocycles. The number of hydrogen-bond acceptors (Lipinski definition) is 2. The third kappa shape index (κ3) is 3.39. The summed E-state index contributed by atoms with van der Waals surface area (Å²) in [7, 11) is 0. The molecule has 0 saturated carbocycles. The van der Waals surface area contributed by atoms with E-state index < -0.39 is 17.8 Å². The van der Waals surface area contributed by atoms with Gasteiger partial charge in [0, 0.05) is 10.7 Å². The number of rotatable bonds is 3. The topological polar surface area (TPSA) is 66.4 Å².